The zero-order valence-corrected chi connectivity index (χ0v) is 23.1. The minimum atomic E-state index is -0.690. The minimum Gasteiger partial charge on any atom is -0.490 e. The normalized spacial score (nSPS) is 22.8. The first kappa shape index (κ1) is 24.7. The minimum absolute atomic E-state index is 0.166. The zero-order valence-electron chi connectivity index (χ0n) is 23.1. The lowest BCUT2D eigenvalue weighted by atomic mass is 9.87. The van der Waals surface area contributed by atoms with Crippen molar-refractivity contribution in [1.82, 2.24) is 0 Å². The van der Waals surface area contributed by atoms with Gasteiger partial charge in [0.05, 0.1) is 25.0 Å². The van der Waals surface area contributed by atoms with Crippen LogP contribution in [0.15, 0.2) is 48.5 Å². The molecule has 3 aromatic carbocycles. The summed E-state index contributed by atoms with van der Waals surface area (Å²) < 4.78 is 11.7. The van der Waals surface area contributed by atoms with Crippen molar-refractivity contribution in [2.45, 2.75) is 71.4 Å². The zero-order chi connectivity index (χ0) is 26.9. The number of fused-ring (bicyclic) bond motifs is 1. The summed E-state index contributed by atoms with van der Waals surface area (Å²) in [4.78, 5) is 11.5. The van der Waals surface area contributed by atoms with Gasteiger partial charge in [-0.05, 0) is 121 Å². The van der Waals surface area contributed by atoms with Crippen LogP contribution in [-0.4, -0.2) is 30.4 Å². The second-order valence-corrected chi connectivity index (χ2v) is 12.6. The van der Waals surface area contributed by atoms with Gasteiger partial charge in [0, 0.05) is 18.2 Å². The Hall–Kier alpha value is -3.31. The number of benzene rings is 3. The number of carboxylic acid groups (broad SMARTS) is 1. The molecule has 2 atom stereocenters. The number of hydrogen-bond donors (Lipinski definition) is 2. The Balaban J connectivity index is 1.08. The SMILES string of the molecule is Cc1cc(OC2CC23COC3)cc(C)c1-c1cccc(CNc2ccc3c(c2)CC2(CC2)C3CC(=O)O)c1C. The Morgan fingerprint density at radius 2 is 1.82 bits per heavy atom. The Labute approximate surface area is 230 Å². The second kappa shape index (κ2) is 8.85. The van der Waals surface area contributed by atoms with E-state index in [1.54, 1.807) is 0 Å². The van der Waals surface area contributed by atoms with Gasteiger partial charge < -0.3 is 19.9 Å². The van der Waals surface area contributed by atoms with E-state index in [-0.39, 0.29) is 23.2 Å². The van der Waals surface area contributed by atoms with Gasteiger partial charge >= 0.3 is 5.97 Å². The van der Waals surface area contributed by atoms with Crippen molar-refractivity contribution in [2.24, 2.45) is 10.8 Å². The molecule has 5 heteroatoms. The number of nitrogens with one attached hydrogen (secondary N) is 1. The van der Waals surface area contributed by atoms with Crippen LogP contribution in [-0.2, 0) is 22.5 Å². The summed E-state index contributed by atoms with van der Waals surface area (Å²) in [6.45, 7) is 9.01. The third kappa shape index (κ3) is 4.22. The molecule has 1 saturated heterocycles. The van der Waals surface area contributed by atoms with Gasteiger partial charge in [0.25, 0.3) is 0 Å². The molecule has 4 aliphatic rings. The molecule has 0 bridgehead atoms. The summed E-state index contributed by atoms with van der Waals surface area (Å²) in [5.41, 5.74) is 11.8. The number of hydrogen-bond acceptors (Lipinski definition) is 4. The summed E-state index contributed by atoms with van der Waals surface area (Å²) in [6, 6.07) is 17.5. The number of ether oxygens (including phenoxy) is 2. The van der Waals surface area contributed by atoms with Crippen LogP contribution in [0.25, 0.3) is 11.1 Å². The Morgan fingerprint density at radius 3 is 2.46 bits per heavy atom. The first-order valence-electron chi connectivity index (χ1n) is 14.3. The maximum absolute atomic E-state index is 11.5. The molecule has 1 heterocycles. The summed E-state index contributed by atoms with van der Waals surface area (Å²) in [7, 11) is 0. The van der Waals surface area contributed by atoms with Crippen molar-refractivity contribution in [1.29, 1.82) is 0 Å². The Morgan fingerprint density at radius 1 is 1.05 bits per heavy atom. The Kier molecular flexibility index (Phi) is 5.61. The van der Waals surface area contributed by atoms with Gasteiger partial charge in [-0.15, -0.1) is 0 Å². The third-order valence-corrected chi connectivity index (χ3v) is 9.95. The molecule has 7 rings (SSSR count). The van der Waals surface area contributed by atoms with E-state index in [9.17, 15) is 9.90 Å². The monoisotopic (exact) mass is 523 g/mol. The smallest absolute Gasteiger partial charge is 0.303 e. The van der Waals surface area contributed by atoms with Crippen molar-refractivity contribution >= 4 is 11.7 Å². The number of carboxylic acids is 1. The fraction of sp³-hybridized carbons (Fsp3) is 0.441. The maximum atomic E-state index is 11.5. The summed E-state index contributed by atoms with van der Waals surface area (Å²) in [5, 5.41) is 13.1. The molecule has 2 saturated carbocycles. The summed E-state index contributed by atoms with van der Waals surface area (Å²) >= 11 is 0. The number of carbonyl (C=O) groups is 1. The molecule has 3 fully saturated rings. The van der Waals surface area contributed by atoms with Gasteiger partial charge in [0.1, 0.15) is 11.9 Å². The number of anilines is 1. The van der Waals surface area contributed by atoms with Crippen LogP contribution in [0.3, 0.4) is 0 Å². The van der Waals surface area contributed by atoms with Crippen LogP contribution >= 0.6 is 0 Å². The molecule has 3 aromatic rings. The van der Waals surface area contributed by atoms with Crippen molar-refractivity contribution in [3.8, 4) is 16.9 Å². The molecule has 0 radical (unpaired) electrons. The molecule has 2 spiro atoms. The van der Waals surface area contributed by atoms with Gasteiger partial charge in [0.15, 0.2) is 0 Å². The topological polar surface area (TPSA) is 67.8 Å². The summed E-state index contributed by atoms with van der Waals surface area (Å²) in [5.74, 6) is 0.441. The fourth-order valence-electron chi connectivity index (χ4n) is 7.30. The fourth-order valence-corrected chi connectivity index (χ4v) is 7.30. The van der Waals surface area contributed by atoms with Crippen molar-refractivity contribution in [3.05, 3.63) is 81.9 Å². The molecular weight excluding hydrogens is 486 g/mol. The van der Waals surface area contributed by atoms with Gasteiger partial charge in [-0.1, -0.05) is 24.3 Å². The van der Waals surface area contributed by atoms with E-state index >= 15 is 0 Å². The van der Waals surface area contributed by atoms with Crippen LogP contribution in [0.2, 0.25) is 0 Å². The van der Waals surface area contributed by atoms with E-state index in [1.807, 2.05) is 0 Å². The van der Waals surface area contributed by atoms with Crippen LogP contribution in [0.4, 0.5) is 5.69 Å². The van der Waals surface area contributed by atoms with E-state index in [4.69, 9.17) is 9.47 Å². The quantitative estimate of drug-likeness (QED) is 0.334. The molecule has 39 heavy (non-hydrogen) atoms. The maximum Gasteiger partial charge on any atom is 0.303 e. The van der Waals surface area contributed by atoms with Gasteiger partial charge in [-0.2, -0.15) is 0 Å². The lowest BCUT2D eigenvalue weighted by Gasteiger charge is -2.27. The van der Waals surface area contributed by atoms with E-state index in [0.717, 1.165) is 56.9 Å². The van der Waals surface area contributed by atoms with E-state index in [1.165, 1.54) is 44.5 Å². The first-order chi connectivity index (χ1) is 18.8. The highest BCUT2D eigenvalue weighted by Crippen LogP contribution is 2.64. The molecular formula is C34H37NO4. The highest BCUT2D eigenvalue weighted by molar-refractivity contribution is 5.75. The van der Waals surface area contributed by atoms with Crippen LogP contribution in [0.5, 0.6) is 5.75 Å². The largest absolute Gasteiger partial charge is 0.490 e. The Bertz CT molecular complexity index is 1460. The van der Waals surface area contributed by atoms with Crippen molar-refractivity contribution < 1.29 is 19.4 Å². The standard InChI is InChI=1S/C34H37NO4/c1-20-11-26(39-30-16-34(30)18-38-19-34)12-21(2)32(20)27-6-4-5-23(22(27)3)17-35-25-7-8-28-24(13-25)15-33(9-10-33)29(28)14-31(36)37/h4-8,11-13,29-30,35H,9-10,14-19H2,1-3H3,(H,36,37). The van der Waals surface area contributed by atoms with Gasteiger partial charge in [-0.25, -0.2) is 0 Å². The molecule has 202 valence electrons. The van der Waals surface area contributed by atoms with E-state index in [2.05, 4.69) is 74.6 Å². The van der Waals surface area contributed by atoms with E-state index in [0.29, 0.717) is 6.10 Å². The predicted molar refractivity (Wildman–Crippen MR) is 153 cm³/mol. The number of rotatable bonds is 8. The van der Waals surface area contributed by atoms with Crippen LogP contribution in [0.1, 0.15) is 65.0 Å². The summed E-state index contributed by atoms with van der Waals surface area (Å²) in [6.07, 6.45) is 4.96. The first-order valence-corrected chi connectivity index (χ1v) is 14.3. The van der Waals surface area contributed by atoms with Crippen molar-refractivity contribution in [3.63, 3.8) is 0 Å². The molecule has 0 aromatic heterocycles. The van der Waals surface area contributed by atoms with Crippen molar-refractivity contribution in [2.75, 3.05) is 18.5 Å². The predicted octanol–water partition coefficient (Wildman–Crippen LogP) is 6.95. The van der Waals surface area contributed by atoms with Crippen LogP contribution in [0, 0.1) is 31.6 Å². The second-order valence-electron chi connectivity index (χ2n) is 12.6. The van der Waals surface area contributed by atoms with Crippen LogP contribution < -0.4 is 10.1 Å². The molecule has 2 unspecified atom stereocenters. The lowest BCUT2D eigenvalue weighted by Crippen LogP contribution is -2.34. The number of aliphatic carboxylic acids is 1. The molecule has 0 amide bonds. The highest BCUT2D eigenvalue weighted by atomic mass is 16.5. The van der Waals surface area contributed by atoms with Gasteiger partial charge in [0.2, 0.25) is 0 Å². The molecule has 3 aliphatic carbocycles. The molecule has 5 nitrogen and oxygen atoms in total. The number of aryl methyl sites for hydroxylation is 2. The lowest BCUT2D eigenvalue weighted by molar-refractivity contribution is -0.137. The van der Waals surface area contributed by atoms with E-state index < -0.39 is 5.97 Å². The third-order valence-electron chi connectivity index (χ3n) is 9.95. The molecule has 1 aliphatic heterocycles. The average Bonchev–Trinajstić information content (AvgIpc) is 3.76. The molecule has 2 N–H and O–H groups in total. The average molecular weight is 524 g/mol. The highest BCUT2D eigenvalue weighted by Gasteiger charge is 2.61. The van der Waals surface area contributed by atoms with Gasteiger partial charge in [-0.3, -0.25) is 4.79 Å².